The predicted octanol–water partition coefficient (Wildman–Crippen LogP) is 1.47. The number of hydrogen-bond donors (Lipinski definition) is 4. The number of piperidine rings is 1. The molecule has 7 heteroatoms. The van der Waals surface area contributed by atoms with E-state index in [-0.39, 0.29) is 29.6 Å². The van der Waals surface area contributed by atoms with E-state index in [1.807, 2.05) is 0 Å². The average Bonchev–Trinajstić information content (AvgIpc) is 2.48. The molecule has 21 heavy (non-hydrogen) atoms. The van der Waals surface area contributed by atoms with Gasteiger partial charge in [-0.15, -0.1) is 0 Å². The number of nitrogens with zero attached hydrogens (tertiary/aromatic N) is 1. The molecule has 114 valence electrons. The van der Waals surface area contributed by atoms with Crippen molar-refractivity contribution < 1.29 is 24.9 Å². The van der Waals surface area contributed by atoms with Crippen LogP contribution in [0.3, 0.4) is 0 Å². The SMILES string of the molecule is O=C(O)c1cc(O)ccc1NC(=O)N1CCCCC1CO. The second-order valence-electron chi connectivity index (χ2n) is 4.99. The lowest BCUT2D eigenvalue weighted by atomic mass is 10.0. The Morgan fingerprint density at radius 2 is 2.10 bits per heavy atom. The minimum absolute atomic E-state index is 0.116. The highest BCUT2D eigenvalue weighted by molar-refractivity contribution is 6.00. The number of benzene rings is 1. The Morgan fingerprint density at radius 1 is 1.33 bits per heavy atom. The topological polar surface area (TPSA) is 110 Å². The van der Waals surface area contributed by atoms with Gasteiger partial charge in [0.2, 0.25) is 0 Å². The van der Waals surface area contributed by atoms with Gasteiger partial charge in [-0.05, 0) is 37.5 Å². The highest BCUT2D eigenvalue weighted by Gasteiger charge is 2.26. The molecule has 4 N–H and O–H groups in total. The van der Waals surface area contributed by atoms with E-state index in [1.165, 1.54) is 17.0 Å². The van der Waals surface area contributed by atoms with Gasteiger partial charge in [-0.1, -0.05) is 0 Å². The molecular weight excluding hydrogens is 276 g/mol. The number of anilines is 1. The van der Waals surface area contributed by atoms with E-state index in [4.69, 9.17) is 5.11 Å². The van der Waals surface area contributed by atoms with Crippen molar-refractivity contribution in [1.29, 1.82) is 0 Å². The van der Waals surface area contributed by atoms with Crippen LogP contribution in [0.2, 0.25) is 0 Å². The molecule has 0 spiro atoms. The van der Waals surface area contributed by atoms with Crippen molar-refractivity contribution in [2.75, 3.05) is 18.5 Å². The summed E-state index contributed by atoms with van der Waals surface area (Å²) in [6, 6.07) is 3.04. The third-order valence-electron chi connectivity index (χ3n) is 3.57. The number of phenolic OH excluding ortho intramolecular Hbond substituents is 1. The number of carboxylic acid groups (broad SMARTS) is 1. The maximum Gasteiger partial charge on any atom is 0.337 e. The lowest BCUT2D eigenvalue weighted by molar-refractivity contribution is 0.0697. The lowest BCUT2D eigenvalue weighted by Gasteiger charge is -2.34. The van der Waals surface area contributed by atoms with E-state index in [1.54, 1.807) is 0 Å². The highest BCUT2D eigenvalue weighted by Crippen LogP contribution is 2.23. The van der Waals surface area contributed by atoms with Crippen molar-refractivity contribution in [3.8, 4) is 5.75 Å². The molecule has 1 saturated heterocycles. The van der Waals surface area contributed by atoms with Crippen LogP contribution in [0, 0.1) is 0 Å². The summed E-state index contributed by atoms with van der Waals surface area (Å²) in [6.45, 7) is 0.409. The summed E-state index contributed by atoms with van der Waals surface area (Å²) in [4.78, 5) is 24.9. The van der Waals surface area contributed by atoms with Crippen molar-refractivity contribution in [1.82, 2.24) is 4.90 Å². The van der Waals surface area contributed by atoms with Gasteiger partial charge in [0, 0.05) is 6.54 Å². The molecule has 1 unspecified atom stereocenters. The van der Waals surface area contributed by atoms with Crippen LogP contribution in [-0.2, 0) is 0 Å². The zero-order chi connectivity index (χ0) is 15.4. The number of aliphatic hydroxyl groups is 1. The monoisotopic (exact) mass is 294 g/mol. The van der Waals surface area contributed by atoms with Crippen LogP contribution in [0.1, 0.15) is 29.6 Å². The van der Waals surface area contributed by atoms with Crippen molar-refractivity contribution in [2.45, 2.75) is 25.3 Å². The van der Waals surface area contributed by atoms with Gasteiger partial charge in [-0.3, -0.25) is 0 Å². The molecule has 1 heterocycles. The van der Waals surface area contributed by atoms with Gasteiger partial charge < -0.3 is 25.5 Å². The Morgan fingerprint density at radius 3 is 2.76 bits per heavy atom. The second-order valence-corrected chi connectivity index (χ2v) is 4.99. The third-order valence-corrected chi connectivity index (χ3v) is 3.57. The number of hydrogen-bond acceptors (Lipinski definition) is 4. The first kappa shape index (κ1) is 15.1. The molecule has 0 aromatic heterocycles. The number of carboxylic acids is 1. The van der Waals surface area contributed by atoms with Gasteiger partial charge in [0.1, 0.15) is 5.75 Å². The number of aliphatic hydroxyl groups excluding tert-OH is 1. The fourth-order valence-corrected chi connectivity index (χ4v) is 2.46. The molecule has 1 aliphatic rings. The first-order chi connectivity index (χ1) is 10.0. The molecule has 1 aromatic rings. The molecule has 2 amide bonds. The lowest BCUT2D eigenvalue weighted by Crippen LogP contribution is -2.47. The van der Waals surface area contributed by atoms with Crippen LogP contribution in [0.5, 0.6) is 5.75 Å². The molecule has 0 radical (unpaired) electrons. The zero-order valence-electron chi connectivity index (χ0n) is 11.5. The fourth-order valence-electron chi connectivity index (χ4n) is 2.46. The Hall–Kier alpha value is -2.28. The number of phenols is 1. The molecule has 1 aromatic carbocycles. The van der Waals surface area contributed by atoms with Crippen molar-refractivity contribution >= 4 is 17.7 Å². The van der Waals surface area contributed by atoms with Crippen LogP contribution in [0.15, 0.2) is 18.2 Å². The molecule has 2 rings (SSSR count). The van der Waals surface area contributed by atoms with Gasteiger partial charge in [-0.2, -0.15) is 0 Å². The summed E-state index contributed by atoms with van der Waals surface area (Å²) in [5, 5.41) is 30.3. The van der Waals surface area contributed by atoms with Crippen molar-refractivity contribution in [3.63, 3.8) is 0 Å². The Labute approximate surface area is 121 Å². The van der Waals surface area contributed by atoms with Gasteiger partial charge in [0.15, 0.2) is 0 Å². The quantitative estimate of drug-likeness (QED) is 0.631. The van der Waals surface area contributed by atoms with E-state index < -0.39 is 12.0 Å². The first-order valence-electron chi connectivity index (χ1n) is 6.77. The molecular formula is C14H18N2O5. The number of aromatic hydroxyl groups is 1. The van der Waals surface area contributed by atoms with Gasteiger partial charge in [-0.25, -0.2) is 9.59 Å². The molecule has 0 bridgehead atoms. The number of carbonyl (C=O) groups excluding carboxylic acids is 1. The third kappa shape index (κ3) is 3.43. The number of nitrogens with one attached hydrogen (secondary N) is 1. The summed E-state index contributed by atoms with van der Waals surface area (Å²) < 4.78 is 0. The van der Waals surface area contributed by atoms with E-state index in [0.717, 1.165) is 25.3 Å². The van der Waals surface area contributed by atoms with E-state index in [0.29, 0.717) is 6.54 Å². The zero-order valence-corrected chi connectivity index (χ0v) is 11.5. The predicted molar refractivity (Wildman–Crippen MR) is 75.5 cm³/mol. The van der Waals surface area contributed by atoms with Crippen molar-refractivity contribution in [2.24, 2.45) is 0 Å². The molecule has 7 nitrogen and oxygen atoms in total. The largest absolute Gasteiger partial charge is 0.508 e. The van der Waals surface area contributed by atoms with Gasteiger partial charge in [0.25, 0.3) is 0 Å². The number of rotatable bonds is 3. The average molecular weight is 294 g/mol. The molecule has 1 atom stereocenters. The standard InChI is InChI=1S/C14H18N2O5/c17-8-9-3-1-2-6-16(9)14(21)15-12-5-4-10(18)7-11(12)13(19)20/h4-5,7,9,17-18H,1-3,6,8H2,(H,15,21)(H,19,20). The molecule has 0 aliphatic carbocycles. The fraction of sp³-hybridized carbons (Fsp3) is 0.429. The van der Waals surface area contributed by atoms with Crippen LogP contribution < -0.4 is 5.32 Å². The molecule has 1 fully saturated rings. The Kier molecular flexibility index (Phi) is 4.64. The number of amides is 2. The van der Waals surface area contributed by atoms with Gasteiger partial charge in [0.05, 0.1) is 23.9 Å². The smallest absolute Gasteiger partial charge is 0.337 e. The molecule has 0 saturated carbocycles. The minimum Gasteiger partial charge on any atom is -0.508 e. The number of carbonyl (C=O) groups is 2. The Bertz CT molecular complexity index is 546. The van der Waals surface area contributed by atoms with Crippen LogP contribution in [0.4, 0.5) is 10.5 Å². The number of likely N-dealkylation sites (tertiary alicyclic amines) is 1. The molecule has 1 aliphatic heterocycles. The summed E-state index contributed by atoms with van der Waals surface area (Å²) in [5.74, 6) is -1.42. The van der Waals surface area contributed by atoms with E-state index in [2.05, 4.69) is 5.32 Å². The van der Waals surface area contributed by atoms with Crippen LogP contribution in [0.25, 0.3) is 0 Å². The van der Waals surface area contributed by atoms with Crippen LogP contribution in [-0.4, -0.2) is 51.4 Å². The Balaban J connectivity index is 2.17. The summed E-state index contributed by atoms with van der Waals surface area (Å²) in [5.41, 5.74) is -0.0616. The number of aromatic carboxylic acids is 1. The second kappa shape index (κ2) is 6.45. The minimum atomic E-state index is -1.24. The van der Waals surface area contributed by atoms with E-state index in [9.17, 15) is 19.8 Å². The summed E-state index contributed by atoms with van der Waals surface area (Å²) in [7, 11) is 0. The first-order valence-corrected chi connectivity index (χ1v) is 6.77. The van der Waals surface area contributed by atoms with Crippen molar-refractivity contribution in [3.05, 3.63) is 23.8 Å². The number of urea groups is 1. The van der Waals surface area contributed by atoms with E-state index >= 15 is 0 Å². The summed E-state index contributed by atoms with van der Waals surface area (Å²) in [6.07, 6.45) is 2.53. The summed E-state index contributed by atoms with van der Waals surface area (Å²) >= 11 is 0. The normalized spacial score (nSPS) is 18.3. The maximum absolute atomic E-state index is 12.2. The van der Waals surface area contributed by atoms with Gasteiger partial charge >= 0.3 is 12.0 Å². The maximum atomic E-state index is 12.2. The highest BCUT2D eigenvalue weighted by atomic mass is 16.4. The van der Waals surface area contributed by atoms with Crippen LogP contribution >= 0.6 is 0 Å².